The molecule has 0 spiro atoms. The minimum atomic E-state index is -0.892. The summed E-state index contributed by atoms with van der Waals surface area (Å²) < 4.78 is 5.46. The van der Waals surface area contributed by atoms with Gasteiger partial charge < -0.3 is 14.8 Å². The lowest BCUT2D eigenvalue weighted by atomic mass is 10.1. The Morgan fingerprint density at radius 1 is 1.30 bits per heavy atom. The average molecular weight is 328 g/mol. The molecule has 1 heterocycles. The number of nitrogens with zero attached hydrogens (tertiary/aromatic N) is 1. The lowest BCUT2D eigenvalue weighted by Crippen LogP contribution is -2.08. The highest BCUT2D eigenvalue weighted by molar-refractivity contribution is 8.00. The van der Waals surface area contributed by atoms with Crippen LogP contribution in [0.4, 0.5) is 0 Å². The first-order valence-corrected chi connectivity index (χ1v) is 8.12. The maximum atomic E-state index is 11.6. The van der Waals surface area contributed by atoms with Crippen LogP contribution in [0.5, 0.6) is 5.75 Å². The number of H-pyrrole nitrogens is 1. The fourth-order valence-corrected chi connectivity index (χ4v) is 3.22. The standard InChI is InChI=1S/C17H16N2O3S/c1-2-22-12-8-9-13-14(10-12)19-17(18-13)23-15(16(20)21)11-6-4-3-5-7-11/h3-10,15H,2H2,1H3,(H,18,19)(H,20,21)/t15-/m1/s1. The van der Waals surface area contributed by atoms with E-state index in [1.807, 2.05) is 55.5 Å². The van der Waals surface area contributed by atoms with Crippen molar-refractivity contribution in [2.75, 3.05) is 6.61 Å². The summed E-state index contributed by atoms with van der Waals surface area (Å²) in [5.74, 6) is -0.130. The number of thioether (sulfide) groups is 1. The molecule has 0 bridgehead atoms. The van der Waals surface area contributed by atoms with Gasteiger partial charge in [-0.05, 0) is 24.6 Å². The van der Waals surface area contributed by atoms with Crippen molar-refractivity contribution in [3.8, 4) is 5.75 Å². The van der Waals surface area contributed by atoms with E-state index in [0.29, 0.717) is 11.8 Å². The van der Waals surface area contributed by atoms with Crippen LogP contribution < -0.4 is 4.74 Å². The number of imidazole rings is 1. The van der Waals surface area contributed by atoms with Crippen LogP contribution in [0.25, 0.3) is 11.0 Å². The molecule has 0 saturated carbocycles. The Hall–Kier alpha value is -2.47. The lowest BCUT2D eigenvalue weighted by Gasteiger charge is -2.10. The van der Waals surface area contributed by atoms with Crippen LogP contribution in [0.2, 0.25) is 0 Å². The molecule has 118 valence electrons. The van der Waals surface area contributed by atoms with E-state index >= 15 is 0 Å². The molecule has 1 aromatic heterocycles. The van der Waals surface area contributed by atoms with Crippen molar-refractivity contribution in [1.29, 1.82) is 0 Å². The minimum Gasteiger partial charge on any atom is -0.494 e. The minimum absolute atomic E-state index is 0.574. The number of fused-ring (bicyclic) bond motifs is 1. The third-order valence-electron chi connectivity index (χ3n) is 3.30. The molecule has 0 unspecified atom stereocenters. The zero-order chi connectivity index (χ0) is 16.2. The number of ether oxygens (including phenoxy) is 1. The van der Waals surface area contributed by atoms with E-state index in [-0.39, 0.29) is 0 Å². The Kier molecular flexibility index (Phi) is 4.52. The van der Waals surface area contributed by atoms with Gasteiger partial charge in [0.25, 0.3) is 0 Å². The number of aromatic nitrogens is 2. The molecule has 3 aromatic rings. The molecule has 0 aliphatic rings. The van der Waals surface area contributed by atoms with Gasteiger partial charge in [0.1, 0.15) is 11.0 Å². The normalized spacial score (nSPS) is 12.2. The van der Waals surface area contributed by atoms with E-state index in [1.165, 1.54) is 11.8 Å². The maximum Gasteiger partial charge on any atom is 0.321 e. The largest absolute Gasteiger partial charge is 0.494 e. The number of hydrogen-bond donors (Lipinski definition) is 2. The number of carboxylic acids is 1. The monoisotopic (exact) mass is 328 g/mol. The van der Waals surface area contributed by atoms with Crippen LogP contribution in [0.1, 0.15) is 17.7 Å². The van der Waals surface area contributed by atoms with Crippen molar-refractivity contribution in [3.05, 3.63) is 54.1 Å². The molecule has 0 aliphatic heterocycles. The highest BCUT2D eigenvalue weighted by Crippen LogP contribution is 2.35. The number of carbonyl (C=O) groups is 1. The summed E-state index contributed by atoms with van der Waals surface area (Å²) in [6.45, 7) is 2.52. The first-order chi connectivity index (χ1) is 11.2. The van der Waals surface area contributed by atoms with Crippen LogP contribution >= 0.6 is 11.8 Å². The van der Waals surface area contributed by atoms with Crippen molar-refractivity contribution in [3.63, 3.8) is 0 Å². The summed E-state index contributed by atoms with van der Waals surface area (Å²) in [5.41, 5.74) is 2.35. The summed E-state index contributed by atoms with van der Waals surface area (Å²) in [4.78, 5) is 19.2. The molecule has 5 nitrogen and oxygen atoms in total. The summed E-state index contributed by atoms with van der Waals surface area (Å²) >= 11 is 1.19. The number of benzene rings is 2. The molecule has 2 aromatic carbocycles. The Balaban J connectivity index is 1.88. The van der Waals surface area contributed by atoms with E-state index in [1.54, 1.807) is 0 Å². The molecule has 1 atom stereocenters. The van der Waals surface area contributed by atoms with Crippen LogP contribution in [-0.2, 0) is 4.79 Å². The fraction of sp³-hybridized carbons (Fsp3) is 0.176. The number of rotatable bonds is 6. The van der Waals surface area contributed by atoms with E-state index in [9.17, 15) is 9.90 Å². The first kappa shape index (κ1) is 15.4. The number of aliphatic carboxylic acids is 1. The van der Waals surface area contributed by atoms with Gasteiger partial charge in [-0.3, -0.25) is 4.79 Å². The van der Waals surface area contributed by atoms with Gasteiger partial charge >= 0.3 is 5.97 Å². The molecule has 2 N–H and O–H groups in total. The molecule has 3 rings (SSSR count). The smallest absolute Gasteiger partial charge is 0.321 e. The Labute approximate surface area is 137 Å². The summed E-state index contributed by atoms with van der Waals surface area (Å²) in [6.07, 6.45) is 0. The summed E-state index contributed by atoms with van der Waals surface area (Å²) in [6, 6.07) is 14.7. The third-order valence-corrected chi connectivity index (χ3v) is 4.42. The van der Waals surface area contributed by atoms with Crippen molar-refractivity contribution in [1.82, 2.24) is 9.97 Å². The van der Waals surface area contributed by atoms with E-state index < -0.39 is 11.2 Å². The highest BCUT2D eigenvalue weighted by atomic mass is 32.2. The van der Waals surface area contributed by atoms with Crippen LogP contribution in [0.15, 0.2) is 53.7 Å². The van der Waals surface area contributed by atoms with Gasteiger partial charge in [0.05, 0.1) is 17.6 Å². The molecule has 0 aliphatic carbocycles. The van der Waals surface area contributed by atoms with Crippen molar-refractivity contribution >= 4 is 28.8 Å². The van der Waals surface area contributed by atoms with Gasteiger partial charge in [0.2, 0.25) is 0 Å². The molecule has 0 amide bonds. The third kappa shape index (κ3) is 3.48. The number of carboxylic acid groups (broad SMARTS) is 1. The predicted molar refractivity (Wildman–Crippen MR) is 89.9 cm³/mol. The molecule has 23 heavy (non-hydrogen) atoms. The second-order valence-electron chi connectivity index (χ2n) is 4.90. The first-order valence-electron chi connectivity index (χ1n) is 7.24. The van der Waals surface area contributed by atoms with Gasteiger partial charge in [-0.15, -0.1) is 0 Å². The number of nitrogens with one attached hydrogen (secondary N) is 1. The van der Waals surface area contributed by atoms with Crippen LogP contribution in [-0.4, -0.2) is 27.7 Å². The molecule has 6 heteroatoms. The Bertz CT molecular complexity index is 817. The molecule has 0 saturated heterocycles. The van der Waals surface area contributed by atoms with Gasteiger partial charge in [-0.2, -0.15) is 0 Å². The summed E-state index contributed by atoms with van der Waals surface area (Å²) in [5, 5.41) is 9.36. The second kappa shape index (κ2) is 6.75. The Morgan fingerprint density at radius 3 is 2.78 bits per heavy atom. The SMILES string of the molecule is CCOc1ccc2nc(S[C@@H](C(=O)O)c3ccccc3)[nH]c2c1. The van der Waals surface area contributed by atoms with Gasteiger partial charge in [-0.1, -0.05) is 42.1 Å². The molecular formula is C17H16N2O3S. The van der Waals surface area contributed by atoms with E-state index in [4.69, 9.17) is 4.74 Å². The maximum absolute atomic E-state index is 11.6. The molecular weight excluding hydrogens is 312 g/mol. The lowest BCUT2D eigenvalue weighted by molar-refractivity contribution is -0.136. The van der Waals surface area contributed by atoms with Gasteiger partial charge in [0.15, 0.2) is 5.16 Å². The van der Waals surface area contributed by atoms with Gasteiger partial charge in [0, 0.05) is 6.07 Å². The number of aromatic amines is 1. The molecule has 0 radical (unpaired) electrons. The second-order valence-corrected chi connectivity index (χ2v) is 5.99. The Morgan fingerprint density at radius 2 is 2.09 bits per heavy atom. The van der Waals surface area contributed by atoms with E-state index in [0.717, 1.165) is 22.3 Å². The quantitative estimate of drug-likeness (QED) is 0.672. The molecule has 0 fully saturated rings. The van der Waals surface area contributed by atoms with Crippen LogP contribution in [0.3, 0.4) is 0 Å². The summed E-state index contributed by atoms with van der Waals surface area (Å²) in [7, 11) is 0. The van der Waals surface area contributed by atoms with Crippen molar-refractivity contribution < 1.29 is 14.6 Å². The van der Waals surface area contributed by atoms with Crippen molar-refractivity contribution in [2.45, 2.75) is 17.3 Å². The van der Waals surface area contributed by atoms with Gasteiger partial charge in [-0.25, -0.2) is 4.98 Å². The highest BCUT2D eigenvalue weighted by Gasteiger charge is 2.22. The predicted octanol–water partition coefficient (Wildman–Crippen LogP) is 3.88. The fourth-order valence-electron chi connectivity index (χ4n) is 2.28. The topological polar surface area (TPSA) is 75.2 Å². The average Bonchev–Trinajstić information content (AvgIpc) is 2.95. The number of hydrogen-bond acceptors (Lipinski definition) is 4. The zero-order valence-corrected chi connectivity index (χ0v) is 13.3. The van der Waals surface area contributed by atoms with Crippen LogP contribution in [0, 0.1) is 0 Å². The van der Waals surface area contributed by atoms with Crippen molar-refractivity contribution in [2.24, 2.45) is 0 Å². The van der Waals surface area contributed by atoms with E-state index in [2.05, 4.69) is 9.97 Å². The zero-order valence-electron chi connectivity index (χ0n) is 12.5.